The van der Waals surface area contributed by atoms with Gasteiger partial charge in [-0.3, -0.25) is 4.90 Å². The number of ether oxygens (including phenoxy) is 1. The van der Waals surface area contributed by atoms with Crippen molar-refractivity contribution in [2.24, 2.45) is 0 Å². The van der Waals surface area contributed by atoms with Gasteiger partial charge in [-0.25, -0.2) is 4.98 Å². The van der Waals surface area contributed by atoms with Gasteiger partial charge in [0.2, 0.25) is 0 Å². The van der Waals surface area contributed by atoms with Crippen LogP contribution in [0.2, 0.25) is 0 Å². The fourth-order valence-electron chi connectivity index (χ4n) is 3.18. The molecule has 110 valence electrons. The second-order valence-electron chi connectivity index (χ2n) is 5.75. The highest BCUT2D eigenvalue weighted by molar-refractivity contribution is 7.71. The number of hydrogen-bond acceptors (Lipinski definition) is 4. The molecule has 5 heteroatoms. The monoisotopic (exact) mass is 293 g/mol. The quantitative estimate of drug-likeness (QED) is 0.870. The summed E-state index contributed by atoms with van der Waals surface area (Å²) in [5, 5.41) is 0. The molecule has 1 fully saturated rings. The fraction of sp³-hybridized carbons (Fsp3) is 0.733. The highest BCUT2D eigenvalue weighted by Crippen LogP contribution is 2.24. The Morgan fingerprint density at radius 2 is 2.25 bits per heavy atom. The number of fused-ring (bicyclic) bond motifs is 1. The molecule has 1 aromatic rings. The Morgan fingerprint density at radius 3 is 3.10 bits per heavy atom. The lowest BCUT2D eigenvalue weighted by molar-refractivity contribution is -0.0344. The molecular formula is C15H23N3OS. The van der Waals surface area contributed by atoms with Crippen LogP contribution in [0.25, 0.3) is 0 Å². The average molecular weight is 293 g/mol. The Balaban J connectivity index is 1.83. The Morgan fingerprint density at radius 1 is 1.40 bits per heavy atom. The molecule has 1 aromatic heterocycles. The van der Waals surface area contributed by atoms with Crippen LogP contribution in [0.5, 0.6) is 0 Å². The van der Waals surface area contributed by atoms with E-state index < -0.39 is 0 Å². The molecule has 0 saturated carbocycles. The minimum atomic E-state index is 0.0456. The molecular weight excluding hydrogens is 270 g/mol. The topological polar surface area (TPSA) is 41.1 Å². The summed E-state index contributed by atoms with van der Waals surface area (Å²) in [4.78, 5) is 10.6. The van der Waals surface area contributed by atoms with Gasteiger partial charge in [0.25, 0.3) is 0 Å². The third-order valence-corrected chi connectivity index (χ3v) is 4.56. The van der Waals surface area contributed by atoms with Gasteiger partial charge in [0, 0.05) is 24.3 Å². The zero-order valence-corrected chi connectivity index (χ0v) is 13.0. The molecule has 20 heavy (non-hydrogen) atoms. The van der Waals surface area contributed by atoms with Crippen LogP contribution >= 0.6 is 12.2 Å². The highest BCUT2D eigenvalue weighted by Gasteiger charge is 2.24. The number of aromatic nitrogens is 2. The Hall–Kier alpha value is -0.780. The van der Waals surface area contributed by atoms with Crippen LogP contribution in [0.4, 0.5) is 0 Å². The number of hydrogen-bond donors (Lipinski definition) is 1. The molecule has 2 aliphatic rings. The smallest absolute Gasteiger partial charge is 0.138 e. The first kappa shape index (κ1) is 14.2. The van der Waals surface area contributed by atoms with Crippen LogP contribution < -0.4 is 0 Å². The van der Waals surface area contributed by atoms with Gasteiger partial charge in [0.15, 0.2) is 0 Å². The van der Waals surface area contributed by atoms with Crippen LogP contribution in [0, 0.1) is 4.64 Å². The van der Waals surface area contributed by atoms with Gasteiger partial charge in [-0.15, -0.1) is 0 Å². The molecule has 0 radical (unpaired) electrons. The molecule has 1 saturated heterocycles. The van der Waals surface area contributed by atoms with E-state index >= 15 is 0 Å². The number of nitrogens with one attached hydrogen (secondary N) is 1. The zero-order chi connectivity index (χ0) is 13.9. The summed E-state index contributed by atoms with van der Waals surface area (Å²) in [6.45, 7) is 6.07. The van der Waals surface area contributed by atoms with Crippen LogP contribution in [-0.2, 0) is 17.6 Å². The summed E-state index contributed by atoms with van der Waals surface area (Å²) in [6, 6.07) is 0. The van der Waals surface area contributed by atoms with E-state index in [0.717, 1.165) is 49.5 Å². The molecule has 0 amide bonds. The number of rotatable bonds is 3. The summed E-state index contributed by atoms with van der Waals surface area (Å²) in [5.41, 5.74) is 2.55. The summed E-state index contributed by atoms with van der Waals surface area (Å²) in [6.07, 6.45) is 5.88. The minimum Gasteiger partial charge on any atom is -0.368 e. The van der Waals surface area contributed by atoms with Gasteiger partial charge in [-0.1, -0.05) is 19.1 Å². The lowest BCUT2D eigenvalue weighted by Gasteiger charge is -2.32. The second kappa shape index (κ2) is 6.33. The highest BCUT2D eigenvalue weighted by atomic mass is 32.1. The van der Waals surface area contributed by atoms with Gasteiger partial charge in [0.1, 0.15) is 16.6 Å². The molecule has 4 nitrogen and oxygen atoms in total. The van der Waals surface area contributed by atoms with E-state index in [1.807, 2.05) is 0 Å². The molecule has 1 unspecified atom stereocenters. The maximum Gasteiger partial charge on any atom is 0.138 e. The van der Waals surface area contributed by atoms with Gasteiger partial charge < -0.3 is 9.72 Å². The van der Waals surface area contributed by atoms with Crippen molar-refractivity contribution >= 4 is 12.2 Å². The molecule has 1 aliphatic carbocycles. The number of aromatic amines is 1. The average Bonchev–Trinajstić information content (AvgIpc) is 2.48. The van der Waals surface area contributed by atoms with E-state index in [1.54, 1.807) is 0 Å². The predicted molar refractivity (Wildman–Crippen MR) is 81.5 cm³/mol. The van der Waals surface area contributed by atoms with Crippen molar-refractivity contribution in [1.82, 2.24) is 14.9 Å². The third kappa shape index (κ3) is 2.95. The Labute approximate surface area is 125 Å². The maximum atomic E-state index is 5.90. The summed E-state index contributed by atoms with van der Waals surface area (Å²) in [5.74, 6) is 0.927. The first-order valence-corrected chi connectivity index (χ1v) is 8.14. The second-order valence-corrected chi connectivity index (χ2v) is 6.14. The molecule has 1 atom stereocenters. The molecule has 0 aromatic carbocycles. The fourth-order valence-corrected chi connectivity index (χ4v) is 3.50. The SMILES string of the molecule is CCCN1CCOC(c2nc(=S)c3c([nH]2)CCCC3)C1. The summed E-state index contributed by atoms with van der Waals surface area (Å²) in [7, 11) is 0. The van der Waals surface area contributed by atoms with Crippen molar-refractivity contribution in [3.05, 3.63) is 21.7 Å². The summed E-state index contributed by atoms with van der Waals surface area (Å²) < 4.78 is 6.69. The van der Waals surface area contributed by atoms with Crippen LogP contribution in [0.1, 0.15) is 49.4 Å². The van der Waals surface area contributed by atoms with E-state index in [1.165, 1.54) is 30.5 Å². The maximum absolute atomic E-state index is 5.90. The number of H-pyrrole nitrogens is 1. The largest absolute Gasteiger partial charge is 0.368 e. The van der Waals surface area contributed by atoms with Crippen LogP contribution in [0.15, 0.2) is 0 Å². The Bertz CT molecular complexity index is 526. The molecule has 0 spiro atoms. The van der Waals surface area contributed by atoms with E-state index in [9.17, 15) is 0 Å². The Kier molecular flexibility index (Phi) is 4.48. The van der Waals surface area contributed by atoms with Gasteiger partial charge in [-0.2, -0.15) is 0 Å². The van der Waals surface area contributed by atoms with Crippen LogP contribution in [-0.4, -0.2) is 41.1 Å². The van der Waals surface area contributed by atoms with Crippen molar-refractivity contribution < 1.29 is 4.74 Å². The van der Waals surface area contributed by atoms with Gasteiger partial charge >= 0.3 is 0 Å². The van der Waals surface area contributed by atoms with Crippen molar-refractivity contribution in [3.63, 3.8) is 0 Å². The number of aryl methyl sites for hydroxylation is 1. The molecule has 3 rings (SSSR count). The normalized spacial score (nSPS) is 23.6. The van der Waals surface area contributed by atoms with Crippen molar-refractivity contribution in [1.29, 1.82) is 0 Å². The number of morpholine rings is 1. The molecule has 2 heterocycles. The van der Waals surface area contributed by atoms with Crippen molar-refractivity contribution in [2.45, 2.75) is 45.1 Å². The van der Waals surface area contributed by atoms with E-state index in [-0.39, 0.29) is 6.10 Å². The van der Waals surface area contributed by atoms with E-state index in [0.29, 0.717) is 0 Å². The first-order valence-electron chi connectivity index (χ1n) is 7.74. The summed E-state index contributed by atoms with van der Waals surface area (Å²) >= 11 is 5.48. The van der Waals surface area contributed by atoms with E-state index in [2.05, 4.69) is 21.8 Å². The van der Waals surface area contributed by atoms with Crippen molar-refractivity contribution in [2.75, 3.05) is 26.2 Å². The molecule has 1 aliphatic heterocycles. The lowest BCUT2D eigenvalue weighted by atomic mass is 9.97. The molecule has 0 bridgehead atoms. The molecule has 1 N–H and O–H groups in total. The zero-order valence-electron chi connectivity index (χ0n) is 12.2. The van der Waals surface area contributed by atoms with E-state index in [4.69, 9.17) is 17.0 Å². The standard InChI is InChI=1S/C15H23N3OS/c1-2-7-18-8-9-19-13(10-18)14-16-12-6-4-3-5-11(12)15(20)17-14/h13H,2-10H2,1H3,(H,16,17,20). The minimum absolute atomic E-state index is 0.0456. The van der Waals surface area contributed by atoms with Gasteiger partial charge in [-0.05, 0) is 38.6 Å². The third-order valence-electron chi connectivity index (χ3n) is 4.22. The van der Waals surface area contributed by atoms with Crippen LogP contribution in [0.3, 0.4) is 0 Å². The predicted octanol–water partition coefficient (Wildman–Crippen LogP) is 2.80. The number of nitrogens with zero attached hydrogens (tertiary/aromatic N) is 2. The first-order chi connectivity index (χ1) is 9.78. The van der Waals surface area contributed by atoms with Crippen molar-refractivity contribution in [3.8, 4) is 0 Å². The lowest BCUT2D eigenvalue weighted by Crippen LogP contribution is -2.39. The van der Waals surface area contributed by atoms with Gasteiger partial charge in [0.05, 0.1) is 6.61 Å².